The normalized spacial score (nSPS) is 9.96. The Morgan fingerprint density at radius 3 is 2.22 bits per heavy atom. The zero-order valence-electron chi connectivity index (χ0n) is 13.0. The van der Waals surface area contributed by atoms with Gasteiger partial charge in [-0.2, -0.15) is 0 Å². The third-order valence-electron chi connectivity index (χ3n) is 3.12. The van der Waals surface area contributed by atoms with Crippen LogP contribution >= 0.6 is 0 Å². The summed E-state index contributed by atoms with van der Waals surface area (Å²) < 4.78 is 5.71. The molecule has 0 radical (unpaired) electrons. The molecule has 0 spiro atoms. The predicted molar refractivity (Wildman–Crippen MR) is 88.1 cm³/mol. The lowest BCUT2D eigenvalue weighted by Gasteiger charge is -2.08. The van der Waals surface area contributed by atoms with Crippen LogP contribution in [0.2, 0.25) is 0 Å². The van der Waals surface area contributed by atoms with E-state index in [1.165, 1.54) is 6.92 Å². The standard InChI is InChI=1S/C18H20N2O3/c1-14(21)19-12-11-18(22)20-13-15-7-9-17(10-8-15)23-16-5-3-2-4-6-16/h2-10H,11-13H2,1H3,(H,19,21)(H,20,22). The van der Waals surface area contributed by atoms with Gasteiger partial charge in [-0.3, -0.25) is 9.59 Å². The smallest absolute Gasteiger partial charge is 0.222 e. The Morgan fingerprint density at radius 1 is 0.913 bits per heavy atom. The molecule has 120 valence electrons. The van der Waals surface area contributed by atoms with Gasteiger partial charge in [0.05, 0.1) is 0 Å². The minimum Gasteiger partial charge on any atom is -0.457 e. The summed E-state index contributed by atoms with van der Waals surface area (Å²) in [7, 11) is 0. The van der Waals surface area contributed by atoms with Gasteiger partial charge in [-0.05, 0) is 29.8 Å². The van der Waals surface area contributed by atoms with Crippen LogP contribution in [0.1, 0.15) is 18.9 Å². The second-order valence-corrected chi connectivity index (χ2v) is 5.07. The van der Waals surface area contributed by atoms with E-state index in [1.54, 1.807) is 0 Å². The van der Waals surface area contributed by atoms with E-state index < -0.39 is 0 Å². The summed E-state index contributed by atoms with van der Waals surface area (Å²) in [6.07, 6.45) is 0.273. The van der Waals surface area contributed by atoms with Gasteiger partial charge in [0.15, 0.2) is 0 Å². The molecular formula is C18H20N2O3. The quantitative estimate of drug-likeness (QED) is 0.826. The van der Waals surface area contributed by atoms with Crippen LogP contribution in [0.5, 0.6) is 11.5 Å². The van der Waals surface area contributed by atoms with E-state index in [2.05, 4.69) is 10.6 Å². The average Bonchev–Trinajstić information content (AvgIpc) is 2.55. The zero-order chi connectivity index (χ0) is 16.5. The van der Waals surface area contributed by atoms with Crippen LogP contribution in [-0.4, -0.2) is 18.4 Å². The fourth-order valence-corrected chi connectivity index (χ4v) is 1.94. The van der Waals surface area contributed by atoms with Gasteiger partial charge in [-0.1, -0.05) is 30.3 Å². The maximum Gasteiger partial charge on any atom is 0.222 e. The first-order valence-corrected chi connectivity index (χ1v) is 7.46. The van der Waals surface area contributed by atoms with Gasteiger partial charge < -0.3 is 15.4 Å². The second-order valence-electron chi connectivity index (χ2n) is 5.07. The van der Waals surface area contributed by atoms with Crippen molar-refractivity contribution in [2.24, 2.45) is 0 Å². The molecule has 0 unspecified atom stereocenters. The van der Waals surface area contributed by atoms with E-state index in [0.29, 0.717) is 13.1 Å². The molecule has 5 heteroatoms. The summed E-state index contributed by atoms with van der Waals surface area (Å²) in [6, 6.07) is 17.1. The molecule has 2 aromatic carbocycles. The van der Waals surface area contributed by atoms with Crippen molar-refractivity contribution in [3.8, 4) is 11.5 Å². The Labute approximate surface area is 135 Å². The molecule has 0 aliphatic heterocycles. The van der Waals surface area contributed by atoms with Crippen LogP contribution in [0.4, 0.5) is 0 Å². The Morgan fingerprint density at radius 2 is 1.57 bits per heavy atom. The SMILES string of the molecule is CC(=O)NCCC(=O)NCc1ccc(Oc2ccccc2)cc1. The van der Waals surface area contributed by atoms with Crippen LogP contribution in [0.3, 0.4) is 0 Å². The number of carbonyl (C=O) groups is 2. The molecule has 2 aromatic rings. The summed E-state index contributed by atoms with van der Waals surface area (Å²) >= 11 is 0. The van der Waals surface area contributed by atoms with Crippen molar-refractivity contribution in [3.05, 3.63) is 60.2 Å². The maximum atomic E-state index is 11.6. The minimum atomic E-state index is -0.133. The number of hydrogen-bond acceptors (Lipinski definition) is 3. The number of carbonyl (C=O) groups excluding carboxylic acids is 2. The van der Waals surface area contributed by atoms with E-state index in [-0.39, 0.29) is 18.2 Å². The van der Waals surface area contributed by atoms with Crippen LogP contribution in [0.25, 0.3) is 0 Å². The molecule has 0 atom stereocenters. The monoisotopic (exact) mass is 312 g/mol. The first-order valence-electron chi connectivity index (χ1n) is 7.46. The third-order valence-corrected chi connectivity index (χ3v) is 3.12. The van der Waals surface area contributed by atoms with Crippen molar-refractivity contribution >= 4 is 11.8 Å². The molecule has 0 aliphatic carbocycles. The Bertz CT molecular complexity index is 639. The molecule has 0 bridgehead atoms. The lowest BCUT2D eigenvalue weighted by atomic mass is 10.2. The summed E-state index contributed by atoms with van der Waals surface area (Å²) in [4.78, 5) is 22.3. The molecule has 0 aromatic heterocycles. The number of amides is 2. The highest BCUT2D eigenvalue weighted by Gasteiger charge is 2.02. The fourth-order valence-electron chi connectivity index (χ4n) is 1.94. The number of para-hydroxylation sites is 1. The van der Waals surface area contributed by atoms with Crippen LogP contribution < -0.4 is 15.4 Å². The molecule has 0 aliphatic rings. The van der Waals surface area contributed by atoms with Gasteiger partial charge in [-0.25, -0.2) is 0 Å². The maximum absolute atomic E-state index is 11.6. The highest BCUT2D eigenvalue weighted by molar-refractivity contribution is 5.77. The molecule has 5 nitrogen and oxygen atoms in total. The first-order chi connectivity index (χ1) is 11.1. The second kappa shape index (κ2) is 8.58. The summed E-state index contributed by atoms with van der Waals surface area (Å²) in [6.45, 7) is 2.23. The summed E-state index contributed by atoms with van der Waals surface area (Å²) in [5.41, 5.74) is 0.985. The van der Waals surface area contributed by atoms with Gasteiger partial charge >= 0.3 is 0 Å². The van der Waals surface area contributed by atoms with Gasteiger partial charge in [0.2, 0.25) is 11.8 Å². The topological polar surface area (TPSA) is 67.4 Å². The molecule has 2 amide bonds. The van der Waals surface area contributed by atoms with Crippen LogP contribution in [0, 0.1) is 0 Å². The van der Waals surface area contributed by atoms with Crippen molar-refractivity contribution in [2.45, 2.75) is 19.9 Å². The van der Waals surface area contributed by atoms with E-state index in [9.17, 15) is 9.59 Å². The number of ether oxygens (including phenoxy) is 1. The Hall–Kier alpha value is -2.82. The lowest BCUT2D eigenvalue weighted by Crippen LogP contribution is -2.29. The fraction of sp³-hybridized carbons (Fsp3) is 0.222. The molecule has 0 saturated carbocycles. The van der Waals surface area contributed by atoms with Crippen molar-refractivity contribution in [3.63, 3.8) is 0 Å². The Balaban J connectivity index is 1.76. The van der Waals surface area contributed by atoms with Gasteiger partial charge in [0, 0.05) is 26.4 Å². The highest BCUT2D eigenvalue weighted by atomic mass is 16.5. The number of rotatable bonds is 7. The van der Waals surface area contributed by atoms with Gasteiger partial charge in [-0.15, -0.1) is 0 Å². The first kappa shape index (κ1) is 16.5. The minimum absolute atomic E-state index is 0.0941. The third kappa shape index (κ3) is 6.22. The van der Waals surface area contributed by atoms with Crippen LogP contribution in [0.15, 0.2) is 54.6 Å². The van der Waals surface area contributed by atoms with E-state index in [4.69, 9.17) is 4.74 Å². The van der Waals surface area contributed by atoms with Crippen molar-refractivity contribution in [1.29, 1.82) is 0 Å². The molecule has 0 fully saturated rings. The Kier molecular flexibility index (Phi) is 6.17. The van der Waals surface area contributed by atoms with Crippen molar-refractivity contribution in [2.75, 3.05) is 6.54 Å². The van der Waals surface area contributed by atoms with E-state index in [0.717, 1.165) is 17.1 Å². The summed E-state index contributed by atoms with van der Waals surface area (Å²) in [5.74, 6) is 1.30. The van der Waals surface area contributed by atoms with Crippen LogP contribution in [-0.2, 0) is 16.1 Å². The molecule has 2 N–H and O–H groups in total. The number of benzene rings is 2. The highest BCUT2D eigenvalue weighted by Crippen LogP contribution is 2.20. The molecular weight excluding hydrogens is 292 g/mol. The molecule has 0 saturated heterocycles. The zero-order valence-corrected chi connectivity index (χ0v) is 13.0. The molecule has 0 heterocycles. The van der Waals surface area contributed by atoms with E-state index in [1.807, 2.05) is 54.6 Å². The van der Waals surface area contributed by atoms with E-state index >= 15 is 0 Å². The predicted octanol–water partition coefficient (Wildman–Crippen LogP) is 2.62. The van der Waals surface area contributed by atoms with Crippen molar-refractivity contribution in [1.82, 2.24) is 10.6 Å². The molecule has 23 heavy (non-hydrogen) atoms. The number of nitrogens with one attached hydrogen (secondary N) is 2. The van der Waals surface area contributed by atoms with Gasteiger partial charge in [0.1, 0.15) is 11.5 Å². The van der Waals surface area contributed by atoms with Crippen molar-refractivity contribution < 1.29 is 14.3 Å². The van der Waals surface area contributed by atoms with Gasteiger partial charge in [0.25, 0.3) is 0 Å². The lowest BCUT2D eigenvalue weighted by molar-refractivity contribution is -0.121. The largest absolute Gasteiger partial charge is 0.457 e. The number of hydrogen-bond donors (Lipinski definition) is 2. The summed E-state index contributed by atoms with van der Waals surface area (Å²) in [5, 5.41) is 5.40. The molecule has 2 rings (SSSR count). The average molecular weight is 312 g/mol.